The lowest BCUT2D eigenvalue weighted by Crippen LogP contribution is -2.39. The highest BCUT2D eigenvalue weighted by Crippen LogP contribution is 2.13. The maximum absolute atomic E-state index is 11.8. The van der Waals surface area contributed by atoms with Crippen LogP contribution in [-0.4, -0.2) is 168 Å². The minimum atomic E-state index is -1.36. The minimum absolute atomic E-state index is 0.0173. The number of aliphatic carboxylic acids is 2. The van der Waals surface area contributed by atoms with Crippen molar-refractivity contribution in [3.05, 3.63) is 0 Å². The number of hydrogen-bond acceptors (Lipinski definition) is 17. The van der Waals surface area contributed by atoms with Crippen molar-refractivity contribution >= 4 is 78.8 Å². The zero-order valence-electron chi connectivity index (χ0n) is 42.8. The molecule has 3 atom stereocenters. The van der Waals surface area contributed by atoms with Gasteiger partial charge in [-0.25, -0.2) is 0 Å². The number of nitrogens with one attached hydrogen (secondary N) is 5. The van der Waals surface area contributed by atoms with Gasteiger partial charge in [0, 0.05) is 44.5 Å². The summed E-state index contributed by atoms with van der Waals surface area (Å²) in [4.78, 5) is 98.0. The fourth-order valence-corrected chi connectivity index (χ4v) is 6.63. The molecule has 0 aromatic rings. The molecular formula is C47H89FN6O15S2. The number of primary amides is 1. The number of carbonyl (C=O) groups excluding carboxylic acids is 7. The molecule has 0 saturated heterocycles. The molecule has 0 saturated carbocycles. The Balaban J connectivity index is -0.000000580. The topological polar surface area (TPSA) is 317 Å². The van der Waals surface area contributed by atoms with E-state index in [0.29, 0.717) is 18.5 Å². The Bertz CT molecular complexity index is 1360. The number of carbonyl (C=O) groups is 9. The fourth-order valence-electron chi connectivity index (χ4n) is 5.77. The smallest absolute Gasteiger partial charge is 0.320 e. The van der Waals surface area contributed by atoms with Gasteiger partial charge < -0.3 is 65.8 Å². The van der Waals surface area contributed by atoms with Crippen LogP contribution in [0.1, 0.15) is 142 Å². The van der Waals surface area contributed by atoms with Crippen molar-refractivity contribution in [2.24, 2.45) is 5.73 Å². The second-order valence-corrected chi connectivity index (χ2v) is 16.7. The Kier molecular flexibility index (Phi) is 61.1. The van der Waals surface area contributed by atoms with Crippen LogP contribution in [-0.2, 0) is 62.1 Å². The van der Waals surface area contributed by atoms with Gasteiger partial charge in [0.1, 0.15) is 37.9 Å². The van der Waals surface area contributed by atoms with Crippen LogP contribution < -0.4 is 31.7 Å². The number of unbranched alkanes of at least 4 members (excludes halogenated alkanes) is 14. The summed E-state index contributed by atoms with van der Waals surface area (Å²) in [7, 11) is 1.52. The molecule has 4 amide bonds. The van der Waals surface area contributed by atoms with E-state index in [-0.39, 0.29) is 103 Å². The predicted octanol–water partition coefficient (Wildman–Crippen LogP) is 3.87. The minimum Gasteiger partial charge on any atom is -0.481 e. The van der Waals surface area contributed by atoms with Gasteiger partial charge in [0.05, 0.1) is 45.7 Å². The van der Waals surface area contributed by atoms with Gasteiger partial charge in [-0.1, -0.05) is 104 Å². The summed E-state index contributed by atoms with van der Waals surface area (Å²) in [5.41, 5.74) is 5.00. The monoisotopic (exact) mass is 1060 g/mol. The van der Waals surface area contributed by atoms with Crippen molar-refractivity contribution in [2.75, 3.05) is 85.0 Å². The van der Waals surface area contributed by atoms with Crippen molar-refractivity contribution in [1.82, 2.24) is 26.0 Å². The second-order valence-electron chi connectivity index (χ2n) is 15.6. The van der Waals surface area contributed by atoms with Gasteiger partial charge >= 0.3 is 18.0 Å². The van der Waals surface area contributed by atoms with Gasteiger partial charge in [-0.15, -0.1) is 0 Å². The second kappa shape index (κ2) is 58.8. The predicted molar refractivity (Wildman–Crippen MR) is 275 cm³/mol. The molecule has 2 unspecified atom stereocenters. The Hall–Kier alpha value is -3.78. The van der Waals surface area contributed by atoms with E-state index in [9.17, 15) is 47.5 Å². The summed E-state index contributed by atoms with van der Waals surface area (Å²) in [5.74, 6) is -2.93. The first-order chi connectivity index (χ1) is 34.2. The zero-order valence-corrected chi connectivity index (χ0v) is 44.5. The van der Waals surface area contributed by atoms with Gasteiger partial charge in [-0.2, -0.15) is 16.2 Å². The van der Waals surface area contributed by atoms with E-state index in [2.05, 4.69) is 38.8 Å². The van der Waals surface area contributed by atoms with E-state index in [1.807, 2.05) is 13.8 Å². The number of amides is 4. The lowest BCUT2D eigenvalue weighted by atomic mass is 10.0. The number of carboxylic acid groups (broad SMARTS) is 2. The third kappa shape index (κ3) is 60.4. The number of thioether (sulfide) groups is 1. The Morgan fingerprint density at radius 1 is 0.634 bits per heavy atom. The maximum atomic E-state index is 11.8. The van der Waals surface area contributed by atoms with Gasteiger partial charge in [-0.3, -0.25) is 38.3 Å². The molecule has 71 heavy (non-hydrogen) atoms. The van der Waals surface area contributed by atoms with E-state index in [1.54, 1.807) is 6.26 Å². The number of rotatable bonds is 47. The maximum Gasteiger partial charge on any atom is 0.320 e. The van der Waals surface area contributed by atoms with Crippen LogP contribution in [0.2, 0.25) is 0 Å². The molecular weight excluding hydrogens is 972 g/mol. The van der Waals surface area contributed by atoms with Crippen LogP contribution in [0.5, 0.6) is 0 Å². The van der Waals surface area contributed by atoms with Crippen molar-refractivity contribution in [1.29, 1.82) is 0 Å². The van der Waals surface area contributed by atoms with Crippen LogP contribution in [0.25, 0.3) is 0 Å². The fraction of sp³-hybridized carbons (Fsp3) is 0.809. The summed E-state index contributed by atoms with van der Waals surface area (Å²) in [5, 5.41) is 27.7. The summed E-state index contributed by atoms with van der Waals surface area (Å²) >= 11 is 4.96. The highest BCUT2D eigenvalue weighted by atomic mass is 32.2. The molecule has 9 N–H and O–H groups in total. The van der Waals surface area contributed by atoms with E-state index in [0.717, 1.165) is 32.0 Å². The third-order valence-electron chi connectivity index (χ3n) is 9.59. The highest BCUT2D eigenvalue weighted by Gasteiger charge is 2.17. The summed E-state index contributed by atoms with van der Waals surface area (Å²) in [6.45, 7) is 5.30. The number of hydrogen-bond donors (Lipinski definition) is 9. The average molecular weight is 1060 g/mol. The molecule has 21 nitrogen and oxygen atoms in total. The molecule has 0 bridgehead atoms. The van der Waals surface area contributed by atoms with Crippen molar-refractivity contribution < 1.29 is 76.7 Å². The largest absolute Gasteiger partial charge is 0.481 e. The van der Waals surface area contributed by atoms with Crippen LogP contribution in [0.15, 0.2) is 0 Å². The van der Waals surface area contributed by atoms with Crippen molar-refractivity contribution in [3.63, 3.8) is 0 Å². The average Bonchev–Trinajstić information content (AvgIpc) is 3.34. The Morgan fingerprint density at radius 2 is 1.10 bits per heavy atom. The van der Waals surface area contributed by atoms with Crippen molar-refractivity contribution in [2.45, 2.75) is 160 Å². The number of carboxylic acids is 2. The molecule has 0 aromatic heterocycles. The third-order valence-corrected chi connectivity index (χ3v) is 10.6. The Labute approximate surface area is 431 Å². The first kappa shape index (κ1) is 73.8. The van der Waals surface area contributed by atoms with E-state index >= 15 is 0 Å². The molecule has 0 aromatic carbocycles. The van der Waals surface area contributed by atoms with Gasteiger partial charge in [-0.05, 0) is 39.0 Å². The molecule has 0 aliphatic carbocycles. The number of aldehydes is 2. The molecule has 0 spiro atoms. The molecule has 0 aliphatic rings. The molecule has 416 valence electrons. The highest BCUT2D eigenvalue weighted by molar-refractivity contribution is 7.98. The summed E-state index contributed by atoms with van der Waals surface area (Å²) in [6.07, 6.45) is 22.0. The van der Waals surface area contributed by atoms with Gasteiger partial charge in [0.15, 0.2) is 0 Å². The first-order valence-corrected chi connectivity index (χ1v) is 26.5. The number of ether oxygens (including phenoxy) is 4. The molecule has 24 heteroatoms. The zero-order chi connectivity index (χ0) is 54.2. The first-order valence-electron chi connectivity index (χ1n) is 24.7. The van der Waals surface area contributed by atoms with Crippen LogP contribution in [0.3, 0.4) is 0 Å². The van der Waals surface area contributed by atoms with Gasteiger partial charge in [0.25, 0.3) is 0 Å². The van der Waals surface area contributed by atoms with Crippen LogP contribution in [0.4, 0.5) is 4.39 Å². The molecule has 0 rings (SSSR count). The number of likely N-dealkylation sites (N-methyl/N-ethyl adjacent to an activating group) is 1. The van der Waals surface area contributed by atoms with Crippen LogP contribution >= 0.6 is 24.6 Å². The number of nitrogens with two attached hydrogens (primary N) is 1. The Morgan fingerprint density at radius 3 is 1.49 bits per heavy atom. The van der Waals surface area contributed by atoms with Crippen molar-refractivity contribution in [3.8, 4) is 0 Å². The van der Waals surface area contributed by atoms with Crippen LogP contribution in [0, 0.1) is 0 Å². The normalized spacial score (nSPS) is 11.6. The molecule has 0 radical (unpaired) electrons. The lowest BCUT2D eigenvalue weighted by molar-refractivity contribution is -0.140. The molecule has 0 fully saturated rings. The van der Waals surface area contributed by atoms with Gasteiger partial charge in [0.2, 0.25) is 23.6 Å². The lowest BCUT2D eigenvalue weighted by Gasteiger charge is -2.12. The number of halogens is 1. The van der Waals surface area contributed by atoms with E-state index in [1.165, 1.54) is 89.4 Å². The quantitative estimate of drug-likeness (QED) is 0.0181. The van der Waals surface area contributed by atoms with E-state index in [4.69, 9.17) is 34.9 Å². The molecule has 0 heterocycles. The standard InChI is InChI=1S/C23H41N5O11.C18H34O3.C4H8FNOS2.C2H6/c1-25-18(23(34)35)3-5-20(31)26-6-8-36-10-12-38-15-21(32)27-7-9-37-11-13-39-16-22(33)28-17(14-29)2-4-19(24)30;19-17-15-13-11-9-7-5-3-1-2-4-6-8-10-12-14-16-18(20)21;1-9-2-3(6-8)4(5)7;1-2/h14,17-18,25H,2-13,15-16H2,1H3,(H2,24,30)(H,26,31)(H,27,32)(H,28,33)(H,34,35);17H,1-16H2,(H,20,21);3,6,8H,2H2,1H3;1-2H3/t17?,18-;;;/m0.../s1. The molecule has 0 aliphatic heterocycles. The number of thiol groups is 1. The summed E-state index contributed by atoms with van der Waals surface area (Å²) < 4.78 is 34.9. The van der Waals surface area contributed by atoms with E-state index < -0.39 is 47.9 Å². The SMILES string of the molecule is CC.CN[C@@H](CCC(=O)NCCOCCOCC(=O)NCCOCCOCC(=O)NC(C=O)CCC(N)=O)C(=O)O.CSCC(NS)C(=O)F.O=CCCCCCCCCCCCCCCCCC(=O)O. The summed E-state index contributed by atoms with van der Waals surface area (Å²) in [6, 6.07) is -3.70.